The van der Waals surface area contributed by atoms with E-state index in [4.69, 9.17) is 4.52 Å². The van der Waals surface area contributed by atoms with Crippen molar-refractivity contribution in [3.8, 4) is 0 Å². The van der Waals surface area contributed by atoms with Gasteiger partial charge in [0.1, 0.15) is 0 Å². The Labute approximate surface area is 134 Å². The van der Waals surface area contributed by atoms with Crippen LogP contribution in [0.25, 0.3) is 0 Å². The van der Waals surface area contributed by atoms with Crippen LogP contribution in [0.15, 0.2) is 34.9 Å². The van der Waals surface area contributed by atoms with Gasteiger partial charge in [0.15, 0.2) is 5.76 Å². The second kappa shape index (κ2) is 6.34. The van der Waals surface area contributed by atoms with E-state index >= 15 is 0 Å². The number of benzene rings is 1. The zero-order chi connectivity index (χ0) is 16.4. The van der Waals surface area contributed by atoms with Crippen molar-refractivity contribution >= 4 is 11.8 Å². The highest BCUT2D eigenvalue weighted by molar-refractivity contribution is 6.21. The molecule has 2 heterocycles. The molecule has 0 fully saturated rings. The Morgan fingerprint density at radius 3 is 2.43 bits per heavy atom. The molecule has 1 aliphatic rings. The van der Waals surface area contributed by atoms with Crippen molar-refractivity contribution in [3.63, 3.8) is 0 Å². The summed E-state index contributed by atoms with van der Waals surface area (Å²) in [6, 6.07) is 8.97. The molecule has 1 aromatic carbocycles. The zero-order valence-corrected chi connectivity index (χ0v) is 13.2. The van der Waals surface area contributed by atoms with Gasteiger partial charge in [-0.15, -0.1) is 0 Å². The first-order valence-corrected chi connectivity index (χ1v) is 7.67. The highest BCUT2D eigenvalue weighted by Gasteiger charge is 2.34. The molecule has 6 heteroatoms. The van der Waals surface area contributed by atoms with E-state index in [1.807, 2.05) is 19.9 Å². The van der Waals surface area contributed by atoms with Crippen molar-refractivity contribution in [2.45, 2.75) is 32.9 Å². The van der Waals surface area contributed by atoms with Gasteiger partial charge in [0.2, 0.25) is 0 Å². The molecule has 23 heavy (non-hydrogen) atoms. The first-order valence-electron chi connectivity index (χ1n) is 7.67. The molecule has 0 saturated heterocycles. The summed E-state index contributed by atoms with van der Waals surface area (Å²) in [5.41, 5.74) is 1.84. The van der Waals surface area contributed by atoms with Crippen molar-refractivity contribution in [1.82, 2.24) is 15.4 Å². The predicted octanol–water partition coefficient (Wildman–Crippen LogP) is 2.15. The molecule has 2 aromatic rings. The maximum Gasteiger partial charge on any atom is 0.261 e. The molecule has 3 rings (SSSR count). The molecule has 2 amide bonds. The van der Waals surface area contributed by atoms with Crippen molar-refractivity contribution in [3.05, 3.63) is 52.9 Å². The van der Waals surface area contributed by atoms with Crippen LogP contribution in [0.4, 0.5) is 0 Å². The minimum Gasteiger partial charge on any atom is -0.360 e. The summed E-state index contributed by atoms with van der Waals surface area (Å²) < 4.78 is 5.14. The van der Waals surface area contributed by atoms with Crippen LogP contribution in [-0.2, 0) is 6.54 Å². The predicted molar refractivity (Wildman–Crippen MR) is 84.0 cm³/mol. The Hall–Kier alpha value is -2.47. The number of aromatic nitrogens is 1. The Bertz CT molecular complexity index is 703. The largest absolute Gasteiger partial charge is 0.360 e. The maximum atomic E-state index is 12.3. The summed E-state index contributed by atoms with van der Waals surface area (Å²) in [4.78, 5) is 25.8. The third-order valence-electron chi connectivity index (χ3n) is 3.97. The van der Waals surface area contributed by atoms with Crippen molar-refractivity contribution < 1.29 is 14.1 Å². The molecule has 0 saturated carbocycles. The van der Waals surface area contributed by atoms with Gasteiger partial charge < -0.3 is 9.84 Å². The lowest BCUT2D eigenvalue weighted by Gasteiger charge is -2.18. The lowest BCUT2D eigenvalue weighted by atomic mass is 10.1. The first-order chi connectivity index (χ1) is 11.1. The zero-order valence-electron chi connectivity index (χ0n) is 13.2. The molecule has 0 bridgehead atoms. The van der Waals surface area contributed by atoms with Gasteiger partial charge in [-0.2, -0.15) is 0 Å². The molecular weight excluding hydrogens is 294 g/mol. The van der Waals surface area contributed by atoms with Crippen LogP contribution >= 0.6 is 0 Å². The fourth-order valence-electron chi connectivity index (χ4n) is 2.64. The van der Waals surface area contributed by atoms with E-state index in [0.29, 0.717) is 30.6 Å². The molecule has 6 nitrogen and oxygen atoms in total. The van der Waals surface area contributed by atoms with E-state index in [1.165, 1.54) is 4.90 Å². The minimum absolute atomic E-state index is 0.143. The van der Waals surface area contributed by atoms with Gasteiger partial charge in [0, 0.05) is 18.7 Å². The van der Waals surface area contributed by atoms with Gasteiger partial charge in [-0.1, -0.05) is 17.3 Å². The third kappa shape index (κ3) is 3.17. The first kappa shape index (κ1) is 15.4. The van der Waals surface area contributed by atoms with Gasteiger partial charge in [0.05, 0.1) is 23.4 Å². The molecule has 0 aliphatic carbocycles. The number of carbonyl (C=O) groups is 2. The summed E-state index contributed by atoms with van der Waals surface area (Å²) in [5.74, 6) is 0.363. The Morgan fingerprint density at radius 2 is 1.87 bits per heavy atom. The normalized spacial score (nSPS) is 15.1. The number of nitrogens with one attached hydrogen (secondary N) is 1. The average Bonchev–Trinajstić information content (AvgIpc) is 3.07. The third-order valence-corrected chi connectivity index (χ3v) is 3.97. The quantitative estimate of drug-likeness (QED) is 0.827. The van der Waals surface area contributed by atoms with Crippen LogP contribution < -0.4 is 5.32 Å². The average molecular weight is 313 g/mol. The SMILES string of the molecule is Cc1cc(CN[C@H](C)CCN2C(=O)c3ccccc3C2=O)on1. The topological polar surface area (TPSA) is 75.4 Å². The van der Waals surface area contributed by atoms with Gasteiger partial charge in [-0.05, 0) is 32.4 Å². The van der Waals surface area contributed by atoms with Crippen LogP contribution in [0, 0.1) is 6.92 Å². The fraction of sp³-hybridized carbons (Fsp3) is 0.353. The number of imide groups is 1. The monoisotopic (exact) mass is 313 g/mol. The minimum atomic E-state index is -0.205. The second-order valence-electron chi connectivity index (χ2n) is 5.81. The van der Waals surface area contributed by atoms with Crippen LogP contribution in [0.5, 0.6) is 0 Å². The number of hydrogen-bond donors (Lipinski definition) is 1. The summed E-state index contributed by atoms with van der Waals surface area (Å²) in [6.07, 6.45) is 0.679. The maximum absolute atomic E-state index is 12.3. The van der Waals surface area contributed by atoms with Crippen LogP contribution in [0.2, 0.25) is 0 Å². The standard InChI is InChI=1S/C17H19N3O3/c1-11(18-10-13-9-12(2)19-23-13)7-8-20-16(21)14-5-3-4-6-15(14)17(20)22/h3-6,9,11,18H,7-8,10H2,1-2H3/t11-/m1/s1. The number of rotatable bonds is 6. The number of fused-ring (bicyclic) bond motifs is 1. The lowest BCUT2D eigenvalue weighted by molar-refractivity contribution is 0.0649. The molecule has 0 unspecified atom stereocenters. The van der Waals surface area contributed by atoms with Crippen molar-refractivity contribution in [2.24, 2.45) is 0 Å². The fourth-order valence-corrected chi connectivity index (χ4v) is 2.64. The summed E-state index contributed by atoms with van der Waals surface area (Å²) in [5, 5.41) is 7.14. The number of hydrogen-bond acceptors (Lipinski definition) is 5. The highest BCUT2D eigenvalue weighted by Crippen LogP contribution is 2.22. The molecule has 0 radical (unpaired) electrons. The number of carbonyl (C=O) groups excluding carboxylic acids is 2. The molecular formula is C17H19N3O3. The summed E-state index contributed by atoms with van der Waals surface area (Å²) >= 11 is 0. The Morgan fingerprint density at radius 1 is 1.22 bits per heavy atom. The molecule has 1 aromatic heterocycles. The molecule has 1 N–H and O–H groups in total. The van der Waals surface area contributed by atoms with Gasteiger partial charge in [-0.25, -0.2) is 0 Å². The number of nitrogens with zero attached hydrogens (tertiary/aromatic N) is 2. The Balaban J connectivity index is 1.52. The van der Waals surface area contributed by atoms with E-state index in [1.54, 1.807) is 24.3 Å². The van der Waals surface area contributed by atoms with Gasteiger partial charge in [0.25, 0.3) is 11.8 Å². The van der Waals surface area contributed by atoms with Gasteiger partial charge >= 0.3 is 0 Å². The van der Waals surface area contributed by atoms with Crippen LogP contribution in [0.3, 0.4) is 0 Å². The highest BCUT2D eigenvalue weighted by atomic mass is 16.5. The number of amides is 2. The summed E-state index contributed by atoms with van der Waals surface area (Å²) in [7, 11) is 0. The van der Waals surface area contributed by atoms with E-state index < -0.39 is 0 Å². The van der Waals surface area contributed by atoms with Crippen molar-refractivity contribution in [2.75, 3.05) is 6.54 Å². The second-order valence-corrected chi connectivity index (χ2v) is 5.81. The van der Waals surface area contributed by atoms with Crippen molar-refractivity contribution in [1.29, 1.82) is 0 Å². The van der Waals surface area contributed by atoms with E-state index in [0.717, 1.165) is 11.5 Å². The van der Waals surface area contributed by atoms with Crippen LogP contribution in [-0.4, -0.2) is 34.5 Å². The van der Waals surface area contributed by atoms with E-state index in [9.17, 15) is 9.59 Å². The van der Waals surface area contributed by atoms with E-state index in [-0.39, 0.29) is 17.9 Å². The number of aryl methyl sites for hydroxylation is 1. The van der Waals surface area contributed by atoms with Gasteiger partial charge in [-0.3, -0.25) is 14.5 Å². The smallest absolute Gasteiger partial charge is 0.261 e. The molecule has 1 atom stereocenters. The summed E-state index contributed by atoms with van der Waals surface area (Å²) in [6.45, 7) is 4.86. The lowest BCUT2D eigenvalue weighted by Crippen LogP contribution is -2.35. The molecule has 120 valence electrons. The molecule has 1 aliphatic heterocycles. The Kier molecular flexibility index (Phi) is 4.25. The van der Waals surface area contributed by atoms with E-state index in [2.05, 4.69) is 10.5 Å². The van der Waals surface area contributed by atoms with Crippen LogP contribution in [0.1, 0.15) is 45.5 Å². The molecule has 0 spiro atoms.